The number of rotatable bonds is 2. The summed E-state index contributed by atoms with van der Waals surface area (Å²) in [4.78, 5) is 20.8. The lowest BCUT2D eigenvalue weighted by molar-refractivity contribution is -0.115. The van der Waals surface area contributed by atoms with E-state index >= 15 is 0 Å². The van der Waals surface area contributed by atoms with Gasteiger partial charge in [-0.2, -0.15) is 0 Å². The molecule has 114 valence electrons. The van der Waals surface area contributed by atoms with Crippen LogP contribution in [0, 0.1) is 0 Å². The van der Waals surface area contributed by atoms with Crippen LogP contribution in [0.2, 0.25) is 5.02 Å². The maximum atomic E-state index is 11.9. The topological polar surface area (TPSA) is 66.9 Å². The SMILES string of the molecule is O=C1Cc2cnc(Nc3ccc(Cl)cc3)nc2-c2cscc2N1. The summed E-state index contributed by atoms with van der Waals surface area (Å²) in [5, 5.41) is 10.6. The fourth-order valence-electron chi connectivity index (χ4n) is 2.44. The molecule has 2 aromatic heterocycles. The summed E-state index contributed by atoms with van der Waals surface area (Å²) in [5.41, 5.74) is 4.18. The molecule has 0 spiro atoms. The zero-order chi connectivity index (χ0) is 15.8. The molecular formula is C16H11ClN4OS. The minimum Gasteiger partial charge on any atom is -0.324 e. The maximum Gasteiger partial charge on any atom is 0.228 e. The molecule has 5 nitrogen and oxygen atoms in total. The summed E-state index contributed by atoms with van der Waals surface area (Å²) in [6.07, 6.45) is 1.98. The average molecular weight is 343 g/mol. The van der Waals surface area contributed by atoms with E-state index in [2.05, 4.69) is 20.6 Å². The number of hydrogen-bond donors (Lipinski definition) is 2. The number of thiophene rings is 1. The number of amides is 1. The Balaban J connectivity index is 1.74. The third-order valence-corrected chi connectivity index (χ3v) is 4.50. The fourth-order valence-corrected chi connectivity index (χ4v) is 3.33. The highest BCUT2D eigenvalue weighted by atomic mass is 35.5. The predicted molar refractivity (Wildman–Crippen MR) is 92.4 cm³/mol. The second-order valence-electron chi connectivity index (χ2n) is 5.12. The molecular weight excluding hydrogens is 332 g/mol. The number of nitrogens with zero attached hydrogens (tertiary/aromatic N) is 2. The summed E-state index contributed by atoms with van der Waals surface area (Å²) in [6.45, 7) is 0. The molecule has 1 aliphatic rings. The molecule has 23 heavy (non-hydrogen) atoms. The highest BCUT2D eigenvalue weighted by Crippen LogP contribution is 2.35. The van der Waals surface area contributed by atoms with Crippen molar-refractivity contribution in [2.24, 2.45) is 0 Å². The van der Waals surface area contributed by atoms with Crippen LogP contribution >= 0.6 is 22.9 Å². The van der Waals surface area contributed by atoms with Gasteiger partial charge >= 0.3 is 0 Å². The van der Waals surface area contributed by atoms with Gasteiger partial charge in [-0.3, -0.25) is 4.79 Å². The fraction of sp³-hybridized carbons (Fsp3) is 0.0625. The van der Waals surface area contributed by atoms with Gasteiger partial charge in [0.1, 0.15) is 0 Å². The standard InChI is InChI=1S/C16H11ClN4OS/c17-10-1-3-11(4-2-10)19-16-18-6-9-5-14(22)20-13-8-23-7-12(13)15(9)21-16/h1-4,6-8H,5H2,(H,20,22)(H,18,19,21). The Hall–Kier alpha value is -2.44. The largest absolute Gasteiger partial charge is 0.324 e. The average Bonchev–Trinajstić information content (AvgIpc) is 2.94. The highest BCUT2D eigenvalue weighted by Gasteiger charge is 2.21. The van der Waals surface area contributed by atoms with Crippen LogP contribution in [0.3, 0.4) is 0 Å². The van der Waals surface area contributed by atoms with Crippen LogP contribution in [0.15, 0.2) is 41.2 Å². The number of carbonyl (C=O) groups is 1. The zero-order valence-electron chi connectivity index (χ0n) is 11.8. The molecule has 0 fully saturated rings. The molecule has 1 amide bonds. The van der Waals surface area contributed by atoms with Gasteiger partial charge in [-0.1, -0.05) is 11.6 Å². The Morgan fingerprint density at radius 3 is 2.87 bits per heavy atom. The lowest BCUT2D eigenvalue weighted by atomic mass is 10.1. The van der Waals surface area contributed by atoms with E-state index in [9.17, 15) is 4.79 Å². The Morgan fingerprint density at radius 1 is 1.22 bits per heavy atom. The number of anilines is 3. The monoisotopic (exact) mass is 342 g/mol. The molecule has 2 N–H and O–H groups in total. The highest BCUT2D eigenvalue weighted by molar-refractivity contribution is 7.08. The minimum absolute atomic E-state index is 0.0505. The number of hydrogen-bond acceptors (Lipinski definition) is 5. The number of fused-ring (bicyclic) bond motifs is 3. The predicted octanol–water partition coefficient (Wildman–Crippen LogP) is 4.10. The summed E-state index contributed by atoms with van der Waals surface area (Å²) in [5.74, 6) is 0.433. The molecule has 0 saturated carbocycles. The Morgan fingerprint density at radius 2 is 2.04 bits per heavy atom. The van der Waals surface area contributed by atoms with Crippen molar-refractivity contribution in [1.29, 1.82) is 0 Å². The van der Waals surface area contributed by atoms with E-state index in [1.165, 1.54) is 11.3 Å². The quantitative estimate of drug-likeness (QED) is 0.736. The third kappa shape index (κ3) is 2.78. The van der Waals surface area contributed by atoms with Gasteiger partial charge in [0.2, 0.25) is 11.9 Å². The van der Waals surface area contributed by atoms with E-state index < -0.39 is 0 Å². The molecule has 0 unspecified atom stereocenters. The third-order valence-electron chi connectivity index (χ3n) is 3.51. The zero-order valence-corrected chi connectivity index (χ0v) is 13.4. The number of carbonyl (C=O) groups excluding carboxylic acids is 1. The van der Waals surface area contributed by atoms with Gasteiger partial charge in [0.25, 0.3) is 0 Å². The lowest BCUT2D eigenvalue weighted by Gasteiger charge is -2.08. The molecule has 0 radical (unpaired) electrons. The van der Waals surface area contributed by atoms with Crippen molar-refractivity contribution >= 4 is 46.2 Å². The van der Waals surface area contributed by atoms with Gasteiger partial charge in [0, 0.05) is 38.8 Å². The number of aromatic nitrogens is 2. The summed E-state index contributed by atoms with van der Waals surface area (Å²) in [6, 6.07) is 7.32. The lowest BCUT2D eigenvalue weighted by Crippen LogP contribution is -2.12. The van der Waals surface area contributed by atoms with Crippen molar-refractivity contribution in [2.45, 2.75) is 6.42 Å². The van der Waals surface area contributed by atoms with Gasteiger partial charge in [0.05, 0.1) is 17.8 Å². The summed E-state index contributed by atoms with van der Waals surface area (Å²) >= 11 is 7.42. The normalized spacial score (nSPS) is 12.8. The Labute approximate surface area is 141 Å². The van der Waals surface area contributed by atoms with E-state index in [0.717, 1.165) is 28.2 Å². The van der Waals surface area contributed by atoms with Crippen LogP contribution in [0.4, 0.5) is 17.3 Å². The second-order valence-corrected chi connectivity index (χ2v) is 6.30. The molecule has 1 aliphatic heterocycles. The van der Waals surface area contributed by atoms with Gasteiger partial charge in [-0.15, -0.1) is 11.3 Å². The van der Waals surface area contributed by atoms with Crippen molar-refractivity contribution in [2.75, 3.05) is 10.6 Å². The molecule has 0 atom stereocenters. The second kappa shape index (κ2) is 5.64. The summed E-state index contributed by atoms with van der Waals surface area (Å²) in [7, 11) is 0. The number of halogens is 1. The molecule has 1 aromatic carbocycles. The Bertz CT molecular complexity index is 891. The van der Waals surface area contributed by atoms with E-state index in [0.29, 0.717) is 11.0 Å². The first-order chi connectivity index (χ1) is 11.2. The van der Waals surface area contributed by atoms with Gasteiger partial charge < -0.3 is 10.6 Å². The van der Waals surface area contributed by atoms with Crippen LogP contribution in [0.25, 0.3) is 11.3 Å². The molecule has 0 aliphatic carbocycles. The minimum atomic E-state index is -0.0505. The van der Waals surface area contributed by atoms with Crippen LogP contribution in [0.5, 0.6) is 0 Å². The first-order valence-electron chi connectivity index (χ1n) is 6.94. The van der Waals surface area contributed by atoms with E-state index in [-0.39, 0.29) is 12.3 Å². The maximum absolute atomic E-state index is 11.9. The smallest absolute Gasteiger partial charge is 0.228 e. The van der Waals surface area contributed by atoms with E-state index in [1.807, 2.05) is 22.9 Å². The van der Waals surface area contributed by atoms with Crippen molar-refractivity contribution in [3.05, 3.63) is 51.8 Å². The van der Waals surface area contributed by atoms with Gasteiger partial charge in [-0.25, -0.2) is 9.97 Å². The molecule has 3 aromatic rings. The Kier molecular flexibility index (Phi) is 3.48. The van der Waals surface area contributed by atoms with Crippen molar-refractivity contribution in [1.82, 2.24) is 9.97 Å². The molecule has 4 rings (SSSR count). The van der Waals surface area contributed by atoms with Crippen molar-refractivity contribution < 1.29 is 4.79 Å². The number of benzene rings is 1. The van der Waals surface area contributed by atoms with Crippen molar-refractivity contribution in [3.63, 3.8) is 0 Å². The molecule has 7 heteroatoms. The molecule has 0 saturated heterocycles. The van der Waals surface area contributed by atoms with E-state index in [1.54, 1.807) is 18.3 Å². The van der Waals surface area contributed by atoms with Crippen LogP contribution in [0.1, 0.15) is 5.56 Å². The summed E-state index contributed by atoms with van der Waals surface area (Å²) < 4.78 is 0. The van der Waals surface area contributed by atoms with Crippen LogP contribution in [-0.2, 0) is 11.2 Å². The first-order valence-corrected chi connectivity index (χ1v) is 8.26. The van der Waals surface area contributed by atoms with Gasteiger partial charge in [-0.05, 0) is 24.3 Å². The van der Waals surface area contributed by atoms with Gasteiger partial charge in [0.15, 0.2) is 0 Å². The van der Waals surface area contributed by atoms with Crippen LogP contribution < -0.4 is 10.6 Å². The van der Waals surface area contributed by atoms with Crippen molar-refractivity contribution in [3.8, 4) is 11.3 Å². The molecule has 3 heterocycles. The van der Waals surface area contributed by atoms with Crippen LogP contribution in [-0.4, -0.2) is 15.9 Å². The number of nitrogens with one attached hydrogen (secondary N) is 2. The molecule has 0 bridgehead atoms. The van der Waals surface area contributed by atoms with E-state index in [4.69, 9.17) is 11.6 Å². The first kappa shape index (κ1) is 14.2.